The van der Waals surface area contributed by atoms with Crippen molar-refractivity contribution in [1.29, 1.82) is 0 Å². The highest BCUT2D eigenvalue weighted by Gasteiger charge is 2.24. The Bertz CT molecular complexity index is 3920. The minimum absolute atomic E-state index is 0.604. The van der Waals surface area contributed by atoms with E-state index in [4.69, 9.17) is 24.9 Å². The fourth-order valence-corrected chi connectivity index (χ4v) is 9.22. The maximum Gasteiger partial charge on any atom is 0.221 e. The molecule has 0 aliphatic heterocycles. The van der Waals surface area contributed by atoms with Gasteiger partial charge in [0.2, 0.25) is 5.95 Å². The summed E-state index contributed by atoms with van der Waals surface area (Å²) >= 11 is 0. The van der Waals surface area contributed by atoms with Gasteiger partial charge >= 0.3 is 0 Å². The summed E-state index contributed by atoms with van der Waals surface area (Å²) in [5.41, 5.74) is 10.8. The summed E-state index contributed by atoms with van der Waals surface area (Å²) in [6, 6.07) is 69.7. The Morgan fingerprint density at radius 2 is 0.903 bits per heavy atom. The predicted molar refractivity (Wildman–Crippen MR) is 252 cm³/mol. The molecule has 7 nitrogen and oxygen atoms in total. The molecule has 0 aliphatic rings. The Morgan fingerprint density at radius 1 is 0.323 bits per heavy atom. The number of rotatable bonds is 5. The highest BCUT2D eigenvalue weighted by Crippen LogP contribution is 2.42. The van der Waals surface area contributed by atoms with Crippen LogP contribution < -0.4 is 0 Å². The summed E-state index contributed by atoms with van der Waals surface area (Å²) in [7, 11) is 0. The summed E-state index contributed by atoms with van der Waals surface area (Å²) in [5.74, 6) is 2.60. The molecule has 0 bridgehead atoms. The van der Waals surface area contributed by atoms with E-state index in [0.717, 1.165) is 105 Å². The third-order valence-electron chi connectivity index (χ3n) is 12.1. The average Bonchev–Trinajstić information content (AvgIpc) is 3.90. The minimum Gasteiger partial charge on any atom is -0.278 e. The standard InChI is InChI=1S/C55H33N7/c1-2-14-34(15-3-1)36-26-29-37(30-27-36)51-58-52(39-31-28-35-16-4-5-17-38(35)32-39)60-53(59-51)45-33-44-41-19-9-12-24-48(41)61(50(44)42-20-7-6-18-40(42)45)55-57-46-22-10-8-21-43(46)54-56-47-23-11-13-25-49(47)62(54)55/h1-33H. The minimum atomic E-state index is 0.604. The van der Waals surface area contributed by atoms with Crippen molar-refractivity contribution in [3.63, 3.8) is 0 Å². The molecule has 0 amide bonds. The van der Waals surface area contributed by atoms with Gasteiger partial charge in [-0.3, -0.25) is 8.97 Å². The largest absolute Gasteiger partial charge is 0.278 e. The maximum absolute atomic E-state index is 5.45. The zero-order chi connectivity index (χ0) is 40.7. The van der Waals surface area contributed by atoms with Gasteiger partial charge in [0.1, 0.15) is 5.65 Å². The first-order chi connectivity index (χ1) is 30.7. The molecule has 62 heavy (non-hydrogen) atoms. The van der Waals surface area contributed by atoms with Crippen molar-refractivity contribution in [2.75, 3.05) is 0 Å². The van der Waals surface area contributed by atoms with Crippen molar-refractivity contribution in [3.05, 3.63) is 200 Å². The molecule has 4 heterocycles. The first kappa shape index (κ1) is 34.3. The van der Waals surface area contributed by atoms with E-state index in [0.29, 0.717) is 17.5 Å². The van der Waals surface area contributed by atoms with Crippen LogP contribution in [0.2, 0.25) is 0 Å². The van der Waals surface area contributed by atoms with Crippen molar-refractivity contribution >= 4 is 70.9 Å². The highest BCUT2D eigenvalue weighted by molar-refractivity contribution is 6.22. The molecule has 4 aromatic heterocycles. The Balaban J connectivity index is 1.09. The smallest absolute Gasteiger partial charge is 0.221 e. The van der Waals surface area contributed by atoms with Crippen molar-refractivity contribution in [1.82, 2.24) is 33.9 Å². The second-order valence-electron chi connectivity index (χ2n) is 15.7. The molecular weight excluding hydrogens is 759 g/mol. The number of nitrogens with zero attached hydrogens (tertiary/aromatic N) is 7. The van der Waals surface area contributed by atoms with Crippen LogP contribution in [-0.4, -0.2) is 33.9 Å². The van der Waals surface area contributed by atoms with Crippen molar-refractivity contribution < 1.29 is 0 Å². The summed E-state index contributed by atoms with van der Waals surface area (Å²) in [6.07, 6.45) is 0. The normalized spacial score (nSPS) is 11.9. The van der Waals surface area contributed by atoms with Gasteiger partial charge in [0.15, 0.2) is 17.5 Å². The number of fused-ring (bicyclic) bond motifs is 11. The van der Waals surface area contributed by atoms with Crippen LogP contribution >= 0.6 is 0 Å². The number of imidazole rings is 1. The second kappa shape index (κ2) is 13.5. The lowest BCUT2D eigenvalue weighted by molar-refractivity contribution is 0.981. The molecule has 13 aromatic rings. The van der Waals surface area contributed by atoms with Gasteiger partial charge in [-0.2, -0.15) is 0 Å². The van der Waals surface area contributed by atoms with Crippen molar-refractivity contribution in [2.24, 2.45) is 0 Å². The zero-order valence-corrected chi connectivity index (χ0v) is 33.2. The van der Waals surface area contributed by atoms with E-state index in [2.05, 4.69) is 191 Å². The summed E-state index contributed by atoms with van der Waals surface area (Å²) in [5, 5.41) is 7.55. The third-order valence-corrected chi connectivity index (χ3v) is 12.1. The van der Waals surface area contributed by atoms with E-state index in [1.54, 1.807) is 0 Å². The summed E-state index contributed by atoms with van der Waals surface area (Å²) < 4.78 is 4.53. The number of benzene rings is 9. The van der Waals surface area contributed by atoms with Gasteiger partial charge in [-0.05, 0) is 69.8 Å². The molecular formula is C55H33N7. The molecule has 0 fully saturated rings. The van der Waals surface area contributed by atoms with Crippen LogP contribution in [0.5, 0.6) is 0 Å². The average molecular weight is 792 g/mol. The first-order valence-corrected chi connectivity index (χ1v) is 20.8. The fraction of sp³-hybridized carbons (Fsp3) is 0. The number of hydrogen-bond donors (Lipinski definition) is 0. The lowest BCUT2D eigenvalue weighted by atomic mass is 9.99. The van der Waals surface area contributed by atoms with E-state index in [9.17, 15) is 0 Å². The summed E-state index contributed by atoms with van der Waals surface area (Å²) in [6.45, 7) is 0. The van der Waals surface area contributed by atoms with Gasteiger partial charge in [0.05, 0.1) is 27.6 Å². The quantitative estimate of drug-likeness (QED) is 0.174. The molecule has 0 radical (unpaired) electrons. The molecule has 0 saturated carbocycles. The lowest BCUT2D eigenvalue weighted by Gasteiger charge is -2.15. The first-order valence-electron chi connectivity index (χ1n) is 20.8. The maximum atomic E-state index is 5.45. The van der Waals surface area contributed by atoms with Gasteiger partial charge < -0.3 is 0 Å². The fourth-order valence-electron chi connectivity index (χ4n) is 9.22. The van der Waals surface area contributed by atoms with Crippen LogP contribution in [0.25, 0.3) is 122 Å². The van der Waals surface area contributed by atoms with Gasteiger partial charge in [-0.15, -0.1) is 0 Å². The Morgan fingerprint density at radius 3 is 1.73 bits per heavy atom. The summed E-state index contributed by atoms with van der Waals surface area (Å²) in [4.78, 5) is 26.4. The molecule has 0 atom stereocenters. The Kier molecular flexibility index (Phi) is 7.47. The number of para-hydroxylation sites is 4. The van der Waals surface area contributed by atoms with Crippen LogP contribution in [0.4, 0.5) is 0 Å². The van der Waals surface area contributed by atoms with E-state index in [-0.39, 0.29) is 0 Å². The van der Waals surface area contributed by atoms with E-state index < -0.39 is 0 Å². The lowest BCUT2D eigenvalue weighted by Crippen LogP contribution is -2.06. The molecule has 9 aromatic carbocycles. The Hall–Kier alpha value is -8.55. The van der Waals surface area contributed by atoms with Crippen molar-refractivity contribution in [2.45, 2.75) is 0 Å². The van der Waals surface area contributed by atoms with E-state index in [1.807, 2.05) is 18.2 Å². The molecule has 288 valence electrons. The topological polar surface area (TPSA) is 73.8 Å². The van der Waals surface area contributed by atoms with Crippen LogP contribution in [0.1, 0.15) is 0 Å². The third kappa shape index (κ3) is 5.28. The van der Waals surface area contributed by atoms with E-state index in [1.165, 1.54) is 0 Å². The molecule has 0 spiro atoms. The van der Waals surface area contributed by atoms with Crippen LogP contribution in [-0.2, 0) is 0 Å². The van der Waals surface area contributed by atoms with Crippen LogP contribution in [0, 0.1) is 0 Å². The van der Waals surface area contributed by atoms with Crippen molar-refractivity contribution in [3.8, 4) is 51.2 Å². The monoisotopic (exact) mass is 791 g/mol. The highest BCUT2D eigenvalue weighted by atomic mass is 15.2. The number of hydrogen-bond acceptors (Lipinski definition) is 5. The molecule has 13 rings (SSSR count). The Labute approximate surface area is 354 Å². The van der Waals surface area contributed by atoms with E-state index >= 15 is 0 Å². The second-order valence-corrected chi connectivity index (χ2v) is 15.7. The molecule has 0 saturated heterocycles. The number of aromatic nitrogens is 7. The van der Waals surface area contributed by atoms with Crippen LogP contribution in [0.15, 0.2) is 200 Å². The zero-order valence-electron chi connectivity index (χ0n) is 33.2. The molecule has 0 N–H and O–H groups in total. The van der Waals surface area contributed by atoms with Gasteiger partial charge in [-0.25, -0.2) is 24.9 Å². The van der Waals surface area contributed by atoms with Crippen LogP contribution in [0.3, 0.4) is 0 Å². The van der Waals surface area contributed by atoms with Gasteiger partial charge in [-0.1, -0.05) is 158 Å². The van der Waals surface area contributed by atoms with Gasteiger partial charge in [0.25, 0.3) is 0 Å². The SMILES string of the molecule is c1ccc(-c2ccc(-c3nc(-c4ccc5ccccc5c4)nc(-c4cc5c6ccccc6n(-c6nc7ccccc7c7nc8ccccc8n67)c5c5ccccc45)n3)cc2)cc1. The molecule has 0 aliphatic carbocycles. The van der Waals surface area contributed by atoms with Gasteiger partial charge in [0, 0.05) is 38.2 Å². The molecule has 0 unspecified atom stereocenters. The predicted octanol–water partition coefficient (Wildman–Crippen LogP) is 13.3. The molecule has 7 heteroatoms.